The Morgan fingerprint density at radius 2 is 2.15 bits per heavy atom. The first-order valence-corrected chi connectivity index (χ1v) is 7.10. The third-order valence-corrected chi connectivity index (χ3v) is 3.17. The van der Waals surface area contributed by atoms with Crippen molar-refractivity contribution in [2.75, 3.05) is 6.54 Å². The van der Waals surface area contributed by atoms with Crippen LogP contribution in [-0.4, -0.2) is 31.5 Å². The Kier molecular flexibility index (Phi) is 5.17. The minimum Gasteiger partial charge on any atom is -0.310 e. The van der Waals surface area contributed by atoms with Crippen LogP contribution in [0.4, 0.5) is 0 Å². The number of nitrogens with one attached hydrogen (secondary N) is 1. The van der Waals surface area contributed by atoms with Crippen molar-refractivity contribution in [2.45, 2.75) is 45.7 Å². The molecule has 0 saturated heterocycles. The minimum atomic E-state index is 0.187. The molecule has 0 amide bonds. The van der Waals surface area contributed by atoms with Gasteiger partial charge in [-0.2, -0.15) is 15.3 Å². The number of nitrogens with zero attached hydrogens (tertiary/aromatic N) is 5. The van der Waals surface area contributed by atoms with Gasteiger partial charge in [-0.1, -0.05) is 6.92 Å². The highest BCUT2D eigenvalue weighted by molar-refractivity contribution is 5.13. The molecule has 0 bridgehead atoms. The average Bonchev–Trinajstić information content (AvgIpc) is 2.92. The zero-order chi connectivity index (χ0) is 14.4. The molecule has 20 heavy (non-hydrogen) atoms. The molecule has 0 fully saturated rings. The summed E-state index contributed by atoms with van der Waals surface area (Å²) in [6.45, 7) is 7.34. The lowest BCUT2D eigenvalue weighted by atomic mass is 10.1. The quantitative estimate of drug-likeness (QED) is 0.835. The first kappa shape index (κ1) is 14.6. The molecule has 1 atom stereocenters. The van der Waals surface area contributed by atoms with Gasteiger partial charge in [0, 0.05) is 24.7 Å². The predicted molar refractivity (Wildman–Crippen MR) is 77.2 cm³/mol. The molecule has 0 aliphatic heterocycles. The van der Waals surface area contributed by atoms with Gasteiger partial charge >= 0.3 is 0 Å². The molecule has 1 N–H and O–H groups in total. The molecule has 1 unspecified atom stereocenters. The van der Waals surface area contributed by atoms with E-state index in [1.165, 1.54) is 0 Å². The van der Waals surface area contributed by atoms with Gasteiger partial charge in [-0.25, -0.2) is 9.67 Å². The zero-order valence-corrected chi connectivity index (χ0v) is 12.3. The fourth-order valence-corrected chi connectivity index (χ4v) is 2.17. The van der Waals surface area contributed by atoms with Crippen LogP contribution in [0.2, 0.25) is 0 Å². The maximum Gasteiger partial charge on any atom is 0.138 e. The molecule has 2 aromatic rings. The minimum absolute atomic E-state index is 0.187. The topological polar surface area (TPSA) is 68.5 Å². The van der Waals surface area contributed by atoms with E-state index in [0.717, 1.165) is 30.8 Å². The van der Waals surface area contributed by atoms with Crippen molar-refractivity contribution in [2.24, 2.45) is 0 Å². The van der Waals surface area contributed by atoms with Crippen molar-refractivity contribution in [3.63, 3.8) is 0 Å². The number of aromatic nitrogens is 5. The van der Waals surface area contributed by atoms with E-state index < -0.39 is 0 Å². The number of rotatable bonds is 7. The lowest BCUT2D eigenvalue weighted by Gasteiger charge is -2.19. The summed E-state index contributed by atoms with van der Waals surface area (Å²) >= 11 is 0. The van der Waals surface area contributed by atoms with Crippen LogP contribution in [0.1, 0.15) is 50.7 Å². The van der Waals surface area contributed by atoms with Crippen LogP contribution < -0.4 is 5.32 Å². The van der Waals surface area contributed by atoms with Gasteiger partial charge in [-0.05, 0) is 38.4 Å². The van der Waals surface area contributed by atoms with Gasteiger partial charge in [0.05, 0.1) is 6.20 Å². The van der Waals surface area contributed by atoms with Crippen LogP contribution in [0.3, 0.4) is 0 Å². The molecule has 0 aliphatic carbocycles. The van der Waals surface area contributed by atoms with Crippen molar-refractivity contribution in [3.05, 3.63) is 36.2 Å². The Labute approximate surface area is 119 Å². The van der Waals surface area contributed by atoms with Crippen LogP contribution >= 0.6 is 0 Å². The van der Waals surface area contributed by atoms with Gasteiger partial charge in [-0.3, -0.25) is 0 Å². The van der Waals surface area contributed by atoms with E-state index in [1.54, 1.807) is 12.5 Å². The van der Waals surface area contributed by atoms with E-state index >= 15 is 0 Å². The van der Waals surface area contributed by atoms with Gasteiger partial charge in [0.2, 0.25) is 0 Å². The van der Waals surface area contributed by atoms with Gasteiger partial charge in [0.15, 0.2) is 0 Å². The summed E-state index contributed by atoms with van der Waals surface area (Å²) in [4.78, 5) is 4.39. The Morgan fingerprint density at radius 3 is 2.80 bits per heavy atom. The first-order chi connectivity index (χ1) is 9.72. The Bertz CT molecular complexity index is 507. The van der Waals surface area contributed by atoms with E-state index in [0.29, 0.717) is 6.04 Å². The molecule has 2 aromatic heterocycles. The molecular formula is C14H22N6. The summed E-state index contributed by atoms with van der Waals surface area (Å²) in [6, 6.07) is 2.50. The molecule has 0 aromatic carbocycles. The second-order valence-electron chi connectivity index (χ2n) is 5.10. The molecule has 108 valence electrons. The number of hydrogen-bond acceptors (Lipinski definition) is 5. The van der Waals surface area contributed by atoms with Gasteiger partial charge in [-0.15, -0.1) is 0 Å². The smallest absolute Gasteiger partial charge is 0.138 e. The van der Waals surface area contributed by atoms with E-state index in [9.17, 15) is 0 Å². The molecule has 6 heteroatoms. The average molecular weight is 274 g/mol. The maximum absolute atomic E-state index is 4.39. The summed E-state index contributed by atoms with van der Waals surface area (Å²) in [5, 5.41) is 15.6. The molecule has 2 heterocycles. The third-order valence-electron chi connectivity index (χ3n) is 3.17. The highest BCUT2D eigenvalue weighted by Crippen LogP contribution is 2.17. The standard InChI is InChI=1S/C14H22N6/c1-4-6-15-13(12-5-7-17-18-9-12)8-14-16-10-19-20(14)11(2)3/h5,7,9-11,13,15H,4,6,8H2,1-3H3. The van der Waals surface area contributed by atoms with Crippen molar-refractivity contribution < 1.29 is 0 Å². The lowest BCUT2D eigenvalue weighted by Crippen LogP contribution is -2.26. The molecule has 0 saturated carbocycles. The van der Waals surface area contributed by atoms with Crippen LogP contribution in [0, 0.1) is 0 Å². The fourth-order valence-electron chi connectivity index (χ4n) is 2.17. The monoisotopic (exact) mass is 274 g/mol. The lowest BCUT2D eigenvalue weighted by molar-refractivity contribution is 0.462. The van der Waals surface area contributed by atoms with Crippen molar-refractivity contribution in [1.82, 2.24) is 30.3 Å². The first-order valence-electron chi connectivity index (χ1n) is 7.10. The normalized spacial score (nSPS) is 12.8. The van der Waals surface area contributed by atoms with Crippen molar-refractivity contribution in [3.8, 4) is 0 Å². The molecule has 0 spiro atoms. The van der Waals surface area contributed by atoms with Crippen LogP contribution in [0.15, 0.2) is 24.8 Å². The second-order valence-corrected chi connectivity index (χ2v) is 5.10. The summed E-state index contributed by atoms with van der Waals surface area (Å²) in [5.41, 5.74) is 1.13. The maximum atomic E-state index is 4.39. The van der Waals surface area contributed by atoms with Gasteiger partial charge in [0.25, 0.3) is 0 Å². The summed E-state index contributed by atoms with van der Waals surface area (Å²) in [7, 11) is 0. The highest BCUT2D eigenvalue weighted by atomic mass is 15.3. The zero-order valence-electron chi connectivity index (χ0n) is 12.3. The molecule has 0 radical (unpaired) electrons. The summed E-state index contributed by atoms with van der Waals surface area (Å²) in [5.74, 6) is 0.991. The molecule has 0 aliphatic rings. The van der Waals surface area contributed by atoms with Crippen molar-refractivity contribution in [1.29, 1.82) is 0 Å². The molecule has 6 nitrogen and oxygen atoms in total. The Hall–Kier alpha value is -1.82. The van der Waals surface area contributed by atoms with E-state index in [2.05, 4.69) is 46.4 Å². The summed E-state index contributed by atoms with van der Waals surface area (Å²) in [6.07, 6.45) is 7.04. The van der Waals surface area contributed by atoms with E-state index in [-0.39, 0.29) is 6.04 Å². The Morgan fingerprint density at radius 1 is 1.30 bits per heavy atom. The second kappa shape index (κ2) is 7.09. The van der Waals surface area contributed by atoms with Crippen molar-refractivity contribution >= 4 is 0 Å². The molecule has 2 rings (SSSR count). The van der Waals surface area contributed by atoms with Gasteiger partial charge in [0.1, 0.15) is 12.2 Å². The van der Waals surface area contributed by atoms with Gasteiger partial charge < -0.3 is 5.32 Å². The fraction of sp³-hybridized carbons (Fsp3) is 0.571. The highest BCUT2D eigenvalue weighted by Gasteiger charge is 2.16. The van der Waals surface area contributed by atoms with Crippen LogP contribution in [0.25, 0.3) is 0 Å². The Balaban J connectivity index is 2.17. The van der Waals surface area contributed by atoms with E-state index in [4.69, 9.17) is 0 Å². The largest absolute Gasteiger partial charge is 0.310 e. The van der Waals surface area contributed by atoms with Crippen LogP contribution in [0.5, 0.6) is 0 Å². The van der Waals surface area contributed by atoms with E-state index in [1.807, 2.05) is 16.9 Å². The molecular weight excluding hydrogens is 252 g/mol. The third kappa shape index (κ3) is 3.60. The summed E-state index contributed by atoms with van der Waals surface area (Å²) < 4.78 is 1.97. The SMILES string of the molecule is CCCNC(Cc1ncnn1C(C)C)c1ccnnc1. The van der Waals surface area contributed by atoms with Crippen LogP contribution in [-0.2, 0) is 6.42 Å². The predicted octanol–water partition coefficient (Wildman–Crippen LogP) is 1.93. The number of hydrogen-bond donors (Lipinski definition) is 1.